The molecule has 0 aromatic heterocycles. The van der Waals surface area contributed by atoms with Crippen molar-refractivity contribution in [3.8, 4) is 23.0 Å². The van der Waals surface area contributed by atoms with E-state index in [1.54, 1.807) is 14.2 Å². The van der Waals surface area contributed by atoms with Gasteiger partial charge in [0.15, 0.2) is 23.0 Å². The summed E-state index contributed by atoms with van der Waals surface area (Å²) in [5, 5.41) is 27.4. The highest BCUT2D eigenvalue weighted by molar-refractivity contribution is 5.46. The molecule has 6 atom stereocenters. The number of nitrogens with one attached hydrogen (secondary N) is 2. The van der Waals surface area contributed by atoms with Crippen molar-refractivity contribution in [3.63, 3.8) is 0 Å². The summed E-state index contributed by atoms with van der Waals surface area (Å²) in [5.74, 6) is 3.84. The van der Waals surface area contributed by atoms with Gasteiger partial charge >= 0.3 is 0 Å². The average Bonchev–Trinajstić information content (AvgIpc) is 3.87. The topological polar surface area (TPSA) is 101 Å². The van der Waals surface area contributed by atoms with E-state index >= 15 is 0 Å². The van der Waals surface area contributed by atoms with Crippen molar-refractivity contribution in [1.29, 1.82) is 0 Å². The molecule has 256 valence electrons. The third-order valence-corrected chi connectivity index (χ3v) is 11.6. The smallest absolute Gasteiger partial charge is 0.161 e. The van der Waals surface area contributed by atoms with Crippen LogP contribution in [-0.4, -0.2) is 75.0 Å². The summed E-state index contributed by atoms with van der Waals surface area (Å²) in [6.07, 6.45) is 9.42. The van der Waals surface area contributed by atoms with Crippen LogP contribution in [0.5, 0.6) is 23.0 Å². The number of benzene rings is 2. The predicted octanol–water partition coefficient (Wildman–Crippen LogP) is 6.18. The standard InChI is InChI=1S/2C19H29NO3/c2*1-13(21)19(2)12-20-11-16(19)14-8-9-17(22-3)18(10-14)23-15-6-4-5-7-15/h2*8-10,13,15-16,20-21H,4-7,11-12H2,1-3H3/t13-,16+,19+;13-,16-,19-/m10/s1. The molecule has 4 aliphatic rings. The number of methoxy groups -OCH3 is 2. The van der Waals surface area contributed by atoms with E-state index in [1.807, 2.05) is 26.0 Å². The molecule has 2 aromatic carbocycles. The molecule has 0 radical (unpaired) electrons. The van der Waals surface area contributed by atoms with Crippen molar-refractivity contribution >= 4 is 0 Å². The Morgan fingerprint density at radius 1 is 0.630 bits per heavy atom. The molecule has 4 N–H and O–H groups in total. The third kappa shape index (κ3) is 7.46. The molecule has 0 amide bonds. The molecule has 8 nitrogen and oxygen atoms in total. The Balaban J connectivity index is 0.000000181. The quantitative estimate of drug-likeness (QED) is 0.245. The molecular weight excluding hydrogens is 580 g/mol. The van der Waals surface area contributed by atoms with E-state index in [9.17, 15) is 10.2 Å². The Hall–Kier alpha value is -2.52. The summed E-state index contributed by atoms with van der Waals surface area (Å²) in [7, 11) is 3.38. The lowest BCUT2D eigenvalue weighted by molar-refractivity contribution is 0.0547. The van der Waals surface area contributed by atoms with Crippen LogP contribution in [0.15, 0.2) is 36.4 Å². The predicted molar refractivity (Wildman–Crippen MR) is 183 cm³/mol. The van der Waals surface area contributed by atoms with Crippen LogP contribution < -0.4 is 29.6 Å². The number of ether oxygens (including phenoxy) is 4. The summed E-state index contributed by atoms with van der Waals surface area (Å²) in [4.78, 5) is 0. The summed E-state index contributed by atoms with van der Waals surface area (Å²) in [6.45, 7) is 11.5. The molecule has 8 heteroatoms. The molecule has 2 aromatic rings. The molecule has 2 saturated carbocycles. The number of aliphatic hydroxyl groups is 2. The molecule has 2 heterocycles. The lowest BCUT2D eigenvalue weighted by Crippen LogP contribution is -2.36. The van der Waals surface area contributed by atoms with Gasteiger partial charge in [0.2, 0.25) is 0 Å². The molecule has 0 bridgehead atoms. The van der Waals surface area contributed by atoms with E-state index in [2.05, 4.69) is 48.7 Å². The maximum Gasteiger partial charge on any atom is 0.161 e. The minimum Gasteiger partial charge on any atom is -0.493 e. The lowest BCUT2D eigenvalue weighted by Gasteiger charge is -2.34. The highest BCUT2D eigenvalue weighted by Gasteiger charge is 2.44. The fourth-order valence-electron chi connectivity index (χ4n) is 7.94. The van der Waals surface area contributed by atoms with Crippen LogP contribution >= 0.6 is 0 Å². The second-order valence-electron chi connectivity index (χ2n) is 14.6. The number of hydrogen-bond donors (Lipinski definition) is 4. The fraction of sp³-hybridized carbons (Fsp3) is 0.684. The van der Waals surface area contributed by atoms with Crippen LogP contribution in [0.25, 0.3) is 0 Å². The molecule has 0 unspecified atom stereocenters. The molecule has 2 saturated heterocycles. The Morgan fingerprint density at radius 3 is 1.33 bits per heavy atom. The number of rotatable bonds is 10. The second kappa shape index (κ2) is 15.1. The minimum absolute atomic E-state index is 0.154. The van der Waals surface area contributed by atoms with E-state index in [4.69, 9.17) is 18.9 Å². The Labute approximate surface area is 276 Å². The largest absolute Gasteiger partial charge is 0.493 e. The van der Waals surface area contributed by atoms with Crippen molar-refractivity contribution in [2.75, 3.05) is 40.4 Å². The van der Waals surface area contributed by atoms with Gasteiger partial charge < -0.3 is 39.8 Å². The van der Waals surface area contributed by atoms with Crippen molar-refractivity contribution < 1.29 is 29.2 Å². The van der Waals surface area contributed by atoms with Gasteiger partial charge in [0, 0.05) is 48.8 Å². The highest BCUT2D eigenvalue weighted by atomic mass is 16.5. The SMILES string of the molecule is COc1ccc([C@@H]2CNC[C@@]2(C)[C@@H](C)O)cc1OC1CCCC1.COc1ccc([C@@H]2CNC[C@@]2(C)[C@H](C)O)cc1OC1CCCC1. The van der Waals surface area contributed by atoms with Gasteiger partial charge in [-0.05, 0) is 101 Å². The fourth-order valence-corrected chi connectivity index (χ4v) is 7.94. The van der Waals surface area contributed by atoms with Gasteiger partial charge in [0.05, 0.1) is 38.6 Å². The zero-order valence-electron chi connectivity index (χ0n) is 28.9. The van der Waals surface area contributed by atoms with Crippen LogP contribution in [-0.2, 0) is 0 Å². The second-order valence-corrected chi connectivity index (χ2v) is 14.6. The summed E-state index contributed by atoms with van der Waals surface area (Å²) < 4.78 is 23.4. The van der Waals surface area contributed by atoms with E-state index < -0.39 is 0 Å². The Bertz CT molecular complexity index is 1180. The first-order valence-corrected chi connectivity index (χ1v) is 17.6. The zero-order chi connectivity index (χ0) is 32.9. The minimum atomic E-state index is -0.358. The first kappa shape index (κ1) is 34.8. The maximum atomic E-state index is 10.2. The highest BCUT2D eigenvalue weighted by Crippen LogP contribution is 2.45. The maximum absolute atomic E-state index is 10.2. The van der Waals surface area contributed by atoms with Gasteiger partial charge in [-0.15, -0.1) is 0 Å². The van der Waals surface area contributed by atoms with Gasteiger partial charge in [-0.3, -0.25) is 0 Å². The molecular formula is C38H58N2O6. The molecule has 0 spiro atoms. The van der Waals surface area contributed by atoms with E-state index in [0.29, 0.717) is 12.2 Å². The number of hydrogen-bond acceptors (Lipinski definition) is 8. The van der Waals surface area contributed by atoms with E-state index in [1.165, 1.54) is 36.8 Å². The van der Waals surface area contributed by atoms with Crippen LogP contribution in [0.4, 0.5) is 0 Å². The molecule has 2 aliphatic carbocycles. The molecule has 6 rings (SSSR count). The first-order valence-electron chi connectivity index (χ1n) is 17.6. The van der Waals surface area contributed by atoms with Crippen molar-refractivity contribution in [2.45, 2.75) is 115 Å². The molecule has 4 fully saturated rings. The van der Waals surface area contributed by atoms with Crippen molar-refractivity contribution in [2.24, 2.45) is 10.8 Å². The van der Waals surface area contributed by atoms with Gasteiger partial charge in [0.25, 0.3) is 0 Å². The lowest BCUT2D eigenvalue weighted by atomic mass is 9.72. The van der Waals surface area contributed by atoms with Crippen molar-refractivity contribution in [1.82, 2.24) is 10.6 Å². The zero-order valence-corrected chi connectivity index (χ0v) is 28.9. The van der Waals surface area contributed by atoms with E-state index in [0.717, 1.165) is 74.9 Å². The van der Waals surface area contributed by atoms with Gasteiger partial charge in [-0.1, -0.05) is 26.0 Å². The number of aliphatic hydroxyl groups excluding tert-OH is 2. The summed E-state index contributed by atoms with van der Waals surface area (Å²) in [6, 6.07) is 12.5. The van der Waals surface area contributed by atoms with Crippen LogP contribution in [0, 0.1) is 10.8 Å². The first-order chi connectivity index (χ1) is 22.1. The molecule has 2 aliphatic heterocycles. The monoisotopic (exact) mass is 638 g/mol. The summed E-state index contributed by atoms with van der Waals surface area (Å²) in [5.41, 5.74) is 2.12. The van der Waals surface area contributed by atoms with Gasteiger partial charge in [0.1, 0.15) is 0 Å². The van der Waals surface area contributed by atoms with Crippen LogP contribution in [0.1, 0.15) is 102 Å². The normalized spacial score (nSPS) is 29.7. The Morgan fingerprint density at radius 2 is 1.00 bits per heavy atom. The average molecular weight is 639 g/mol. The molecule has 46 heavy (non-hydrogen) atoms. The third-order valence-electron chi connectivity index (χ3n) is 11.6. The summed E-state index contributed by atoms with van der Waals surface area (Å²) >= 11 is 0. The van der Waals surface area contributed by atoms with Crippen LogP contribution in [0.3, 0.4) is 0 Å². The van der Waals surface area contributed by atoms with Crippen molar-refractivity contribution in [3.05, 3.63) is 47.5 Å². The van der Waals surface area contributed by atoms with E-state index in [-0.39, 0.29) is 34.9 Å². The van der Waals surface area contributed by atoms with Gasteiger partial charge in [-0.2, -0.15) is 0 Å². The van der Waals surface area contributed by atoms with Gasteiger partial charge in [-0.25, -0.2) is 0 Å². The van der Waals surface area contributed by atoms with Crippen LogP contribution in [0.2, 0.25) is 0 Å². The Kier molecular flexibility index (Phi) is 11.5.